The Morgan fingerprint density at radius 2 is 0.661 bits per heavy atom. The minimum atomic E-state index is 1.11. The van der Waals surface area contributed by atoms with E-state index in [9.17, 15) is 0 Å². The van der Waals surface area contributed by atoms with Crippen LogP contribution in [0.2, 0.25) is 0 Å². The lowest BCUT2D eigenvalue weighted by atomic mass is 9.99. The van der Waals surface area contributed by atoms with E-state index < -0.39 is 0 Å². The normalized spacial score (nSPS) is 11.6. The van der Waals surface area contributed by atoms with Gasteiger partial charge in [0.1, 0.15) is 0 Å². The van der Waals surface area contributed by atoms with Gasteiger partial charge in [-0.2, -0.15) is 0 Å². The molecule has 0 saturated heterocycles. The molecule has 4 heterocycles. The minimum absolute atomic E-state index is 1.11. The number of hydrogen-bond donors (Lipinski definition) is 0. The van der Waals surface area contributed by atoms with Gasteiger partial charge in [0, 0.05) is 57.7 Å². The van der Waals surface area contributed by atoms with E-state index in [0.29, 0.717) is 0 Å². The van der Waals surface area contributed by atoms with Crippen molar-refractivity contribution in [3.05, 3.63) is 207 Å². The first-order chi connectivity index (χ1) is 27.8. The molecule has 0 aliphatic rings. The fourth-order valence-electron chi connectivity index (χ4n) is 8.46. The number of rotatable bonds is 6. The third kappa shape index (κ3) is 5.31. The predicted molar refractivity (Wildman–Crippen MR) is 232 cm³/mol. The van der Waals surface area contributed by atoms with Crippen LogP contribution in [0.15, 0.2) is 207 Å². The Hall–Kier alpha value is -7.56. The largest absolute Gasteiger partial charge is 0.309 e. The van der Waals surface area contributed by atoms with E-state index in [1.54, 1.807) is 0 Å². The second-order valence-electron chi connectivity index (χ2n) is 14.3. The van der Waals surface area contributed by atoms with E-state index in [4.69, 9.17) is 0 Å². The van der Waals surface area contributed by atoms with Crippen molar-refractivity contribution in [1.29, 1.82) is 0 Å². The second kappa shape index (κ2) is 13.1. The van der Waals surface area contributed by atoms with Gasteiger partial charge in [-0.15, -0.1) is 0 Å². The van der Waals surface area contributed by atoms with Gasteiger partial charge in [-0.05, 0) is 136 Å². The summed E-state index contributed by atoms with van der Waals surface area (Å²) in [5.41, 5.74) is 16.3. The molecule has 0 unspecified atom stereocenters. The first kappa shape index (κ1) is 31.9. The Morgan fingerprint density at radius 1 is 0.250 bits per heavy atom. The van der Waals surface area contributed by atoms with Crippen LogP contribution in [0, 0.1) is 0 Å². The van der Waals surface area contributed by atoms with Crippen molar-refractivity contribution in [3.8, 4) is 55.9 Å². The second-order valence-corrected chi connectivity index (χ2v) is 14.3. The lowest BCUT2D eigenvalue weighted by Crippen LogP contribution is -1.96. The van der Waals surface area contributed by atoms with Crippen molar-refractivity contribution < 1.29 is 0 Å². The van der Waals surface area contributed by atoms with Crippen LogP contribution >= 0.6 is 0 Å². The molecule has 0 fully saturated rings. The Kier molecular flexibility index (Phi) is 7.46. The summed E-state index contributed by atoms with van der Waals surface area (Å²) in [5.74, 6) is 0. The van der Waals surface area contributed by atoms with Crippen molar-refractivity contribution in [2.75, 3.05) is 0 Å². The van der Waals surface area contributed by atoms with Gasteiger partial charge in [-0.3, -0.25) is 9.97 Å². The standard InChI is InChI=1S/C52H34N4/c1-2-8-35(9-3-1)36-14-18-43(19-15-36)55-49-12-6-4-10-45(49)47-33-39(16-20-51(47)55)40-17-21-52-48(34-40)46-11-5-7-13-50(46)56(52)44-31-41(37-22-26-53-27-23-37)30-42(32-44)38-24-28-54-29-25-38/h1-34H. The fraction of sp³-hybridized carbons (Fsp3) is 0. The van der Waals surface area contributed by atoms with Crippen LogP contribution in [0.25, 0.3) is 99.5 Å². The van der Waals surface area contributed by atoms with Crippen LogP contribution in [0.5, 0.6) is 0 Å². The van der Waals surface area contributed by atoms with E-state index in [-0.39, 0.29) is 0 Å². The van der Waals surface area contributed by atoms with Gasteiger partial charge >= 0.3 is 0 Å². The maximum Gasteiger partial charge on any atom is 0.0541 e. The summed E-state index contributed by atoms with van der Waals surface area (Å²) in [6, 6.07) is 66.0. The number of aromatic nitrogens is 4. The van der Waals surface area contributed by atoms with E-state index in [0.717, 1.165) is 33.6 Å². The molecule has 0 aliphatic carbocycles. The quantitative estimate of drug-likeness (QED) is 0.172. The summed E-state index contributed by atoms with van der Waals surface area (Å²) in [6.45, 7) is 0. The minimum Gasteiger partial charge on any atom is -0.309 e. The number of nitrogens with zero attached hydrogens (tertiary/aromatic N) is 4. The zero-order valence-corrected chi connectivity index (χ0v) is 30.4. The van der Waals surface area contributed by atoms with Gasteiger partial charge in [-0.25, -0.2) is 0 Å². The lowest BCUT2D eigenvalue weighted by Gasteiger charge is -2.14. The molecule has 0 atom stereocenters. The van der Waals surface area contributed by atoms with E-state index in [1.165, 1.54) is 65.9 Å². The summed E-state index contributed by atoms with van der Waals surface area (Å²) in [4.78, 5) is 8.57. The molecule has 0 amide bonds. The van der Waals surface area contributed by atoms with E-state index in [1.807, 2.05) is 24.8 Å². The summed E-state index contributed by atoms with van der Waals surface area (Å²) in [6.07, 6.45) is 7.42. The number of hydrogen-bond acceptors (Lipinski definition) is 2. The molecule has 0 bridgehead atoms. The van der Waals surface area contributed by atoms with Gasteiger partial charge < -0.3 is 9.13 Å². The molecule has 4 aromatic heterocycles. The Morgan fingerprint density at radius 3 is 1.20 bits per heavy atom. The highest BCUT2D eigenvalue weighted by Crippen LogP contribution is 2.40. The van der Waals surface area contributed by atoms with Crippen LogP contribution in [0.1, 0.15) is 0 Å². The van der Waals surface area contributed by atoms with E-state index in [2.05, 4.69) is 201 Å². The predicted octanol–water partition coefficient (Wildman–Crippen LogP) is 13.3. The third-order valence-corrected chi connectivity index (χ3v) is 11.1. The average molecular weight is 715 g/mol. The topological polar surface area (TPSA) is 35.6 Å². The molecule has 7 aromatic carbocycles. The van der Waals surface area contributed by atoms with Crippen LogP contribution in [-0.2, 0) is 0 Å². The van der Waals surface area contributed by atoms with Crippen molar-refractivity contribution in [1.82, 2.24) is 19.1 Å². The van der Waals surface area contributed by atoms with Crippen molar-refractivity contribution in [2.45, 2.75) is 0 Å². The summed E-state index contributed by atoms with van der Waals surface area (Å²) < 4.78 is 4.80. The maximum atomic E-state index is 4.28. The summed E-state index contributed by atoms with van der Waals surface area (Å²) in [5, 5.41) is 4.93. The molecule has 0 spiro atoms. The molecule has 56 heavy (non-hydrogen) atoms. The molecule has 0 radical (unpaired) electrons. The van der Waals surface area contributed by atoms with Crippen LogP contribution in [0.4, 0.5) is 0 Å². The summed E-state index contributed by atoms with van der Waals surface area (Å²) >= 11 is 0. The Labute approximate surface area is 324 Å². The Bertz CT molecular complexity index is 3160. The highest BCUT2D eigenvalue weighted by molar-refractivity contribution is 6.12. The third-order valence-electron chi connectivity index (χ3n) is 11.1. The van der Waals surface area contributed by atoms with Gasteiger partial charge in [0.25, 0.3) is 0 Å². The average Bonchev–Trinajstić information content (AvgIpc) is 3.79. The molecular formula is C52H34N4. The Balaban J connectivity index is 1.06. The van der Waals surface area contributed by atoms with Crippen LogP contribution in [0.3, 0.4) is 0 Å². The van der Waals surface area contributed by atoms with Gasteiger partial charge in [0.15, 0.2) is 0 Å². The van der Waals surface area contributed by atoms with Gasteiger partial charge in [0.05, 0.1) is 22.1 Å². The smallest absolute Gasteiger partial charge is 0.0541 e. The molecule has 11 rings (SSSR count). The molecule has 262 valence electrons. The molecule has 0 N–H and O–H groups in total. The highest BCUT2D eigenvalue weighted by Gasteiger charge is 2.17. The molecular weight excluding hydrogens is 681 g/mol. The van der Waals surface area contributed by atoms with Gasteiger partial charge in [0.2, 0.25) is 0 Å². The lowest BCUT2D eigenvalue weighted by molar-refractivity contribution is 1.18. The molecule has 4 heteroatoms. The van der Waals surface area contributed by atoms with Crippen molar-refractivity contribution >= 4 is 43.6 Å². The zero-order chi connectivity index (χ0) is 37.0. The van der Waals surface area contributed by atoms with Crippen molar-refractivity contribution in [3.63, 3.8) is 0 Å². The van der Waals surface area contributed by atoms with Crippen LogP contribution in [-0.4, -0.2) is 19.1 Å². The van der Waals surface area contributed by atoms with Crippen LogP contribution < -0.4 is 0 Å². The van der Waals surface area contributed by atoms with Gasteiger partial charge in [-0.1, -0.05) is 91.0 Å². The first-order valence-corrected chi connectivity index (χ1v) is 19.0. The van der Waals surface area contributed by atoms with Crippen molar-refractivity contribution in [2.24, 2.45) is 0 Å². The molecule has 0 aliphatic heterocycles. The molecule has 11 aromatic rings. The highest BCUT2D eigenvalue weighted by atomic mass is 15.0. The number of benzene rings is 7. The molecule has 0 saturated carbocycles. The number of fused-ring (bicyclic) bond motifs is 6. The summed E-state index contributed by atoms with van der Waals surface area (Å²) in [7, 11) is 0. The fourth-order valence-corrected chi connectivity index (χ4v) is 8.46. The number of para-hydroxylation sites is 2. The zero-order valence-electron chi connectivity index (χ0n) is 30.4. The number of pyridine rings is 2. The molecule has 4 nitrogen and oxygen atoms in total. The SMILES string of the molecule is c1ccc(-c2ccc(-n3c4ccccc4c4cc(-c5ccc6c(c5)c5ccccc5n6-c5cc(-c6ccncc6)cc(-c6ccncc6)c5)ccc43)cc2)cc1. The first-order valence-electron chi connectivity index (χ1n) is 19.0. The maximum absolute atomic E-state index is 4.28. The van der Waals surface area contributed by atoms with E-state index >= 15 is 0 Å². The monoisotopic (exact) mass is 714 g/mol.